The first-order valence-electron chi connectivity index (χ1n) is 5.72. The van der Waals surface area contributed by atoms with E-state index in [1.54, 1.807) is 6.92 Å². The van der Waals surface area contributed by atoms with Crippen LogP contribution in [-0.4, -0.2) is 31.0 Å². The van der Waals surface area contributed by atoms with Gasteiger partial charge in [-0.3, -0.25) is 0 Å². The van der Waals surface area contributed by atoms with Crippen molar-refractivity contribution in [3.63, 3.8) is 0 Å². The van der Waals surface area contributed by atoms with E-state index in [1.807, 2.05) is 30.3 Å². The molecule has 1 N–H and O–H groups in total. The number of aliphatic hydroxyl groups is 1. The molecule has 0 aromatic heterocycles. The van der Waals surface area contributed by atoms with Crippen molar-refractivity contribution in [3.8, 4) is 5.75 Å². The normalized spacial score (nSPS) is 12.4. The number of hydrogen-bond acceptors (Lipinski definition) is 3. The molecule has 0 spiro atoms. The van der Waals surface area contributed by atoms with E-state index >= 15 is 0 Å². The number of ether oxygens (including phenoxy) is 2. The highest BCUT2D eigenvalue weighted by atomic mass is 16.5. The van der Waals surface area contributed by atoms with Crippen molar-refractivity contribution in [2.45, 2.75) is 25.9 Å². The van der Waals surface area contributed by atoms with Gasteiger partial charge in [0.05, 0.1) is 12.7 Å². The first kappa shape index (κ1) is 13.0. The molecule has 0 saturated heterocycles. The molecule has 0 aliphatic carbocycles. The minimum Gasteiger partial charge on any atom is -0.491 e. The summed E-state index contributed by atoms with van der Waals surface area (Å²) in [5.74, 6) is 0.870. The fourth-order valence-electron chi connectivity index (χ4n) is 1.32. The summed E-state index contributed by atoms with van der Waals surface area (Å²) in [6.45, 7) is 3.63. The Balaban J connectivity index is 1.93. The van der Waals surface area contributed by atoms with E-state index in [9.17, 15) is 0 Å². The van der Waals surface area contributed by atoms with Crippen LogP contribution in [0.5, 0.6) is 5.75 Å². The van der Waals surface area contributed by atoms with Crippen LogP contribution in [0.1, 0.15) is 19.8 Å². The molecule has 1 atom stereocenters. The van der Waals surface area contributed by atoms with E-state index in [2.05, 4.69) is 0 Å². The first-order chi connectivity index (χ1) is 7.79. The van der Waals surface area contributed by atoms with Gasteiger partial charge < -0.3 is 14.6 Å². The summed E-state index contributed by atoms with van der Waals surface area (Å²) in [5, 5.41) is 9.02. The number of hydrogen-bond donors (Lipinski definition) is 1. The SMILES string of the molecule is CC(O)CCCOCCOc1ccccc1. The lowest BCUT2D eigenvalue weighted by molar-refractivity contribution is 0.0873. The van der Waals surface area contributed by atoms with E-state index in [4.69, 9.17) is 14.6 Å². The molecule has 0 aliphatic heterocycles. The number of benzene rings is 1. The fraction of sp³-hybridized carbons (Fsp3) is 0.538. The van der Waals surface area contributed by atoms with Crippen LogP contribution in [0.25, 0.3) is 0 Å². The van der Waals surface area contributed by atoms with E-state index in [0.717, 1.165) is 18.6 Å². The van der Waals surface area contributed by atoms with E-state index in [1.165, 1.54) is 0 Å². The lowest BCUT2D eigenvalue weighted by atomic mass is 10.2. The summed E-state index contributed by atoms with van der Waals surface area (Å²) in [7, 11) is 0. The molecule has 3 nitrogen and oxygen atoms in total. The molecule has 0 saturated carbocycles. The Kier molecular flexibility index (Phi) is 6.61. The molecule has 1 aromatic rings. The van der Waals surface area contributed by atoms with E-state index in [-0.39, 0.29) is 6.10 Å². The summed E-state index contributed by atoms with van der Waals surface area (Å²) in [5.41, 5.74) is 0. The van der Waals surface area contributed by atoms with Crippen molar-refractivity contribution in [1.29, 1.82) is 0 Å². The Bertz CT molecular complexity index is 259. The molecule has 0 fully saturated rings. The highest BCUT2D eigenvalue weighted by Crippen LogP contribution is 2.07. The Morgan fingerprint density at radius 3 is 2.56 bits per heavy atom. The van der Waals surface area contributed by atoms with Gasteiger partial charge in [0.1, 0.15) is 12.4 Å². The van der Waals surface area contributed by atoms with Gasteiger partial charge in [0.25, 0.3) is 0 Å². The summed E-state index contributed by atoms with van der Waals surface area (Å²) in [4.78, 5) is 0. The van der Waals surface area contributed by atoms with Crippen LogP contribution >= 0.6 is 0 Å². The maximum absolute atomic E-state index is 9.02. The van der Waals surface area contributed by atoms with Crippen molar-refractivity contribution in [2.75, 3.05) is 19.8 Å². The van der Waals surface area contributed by atoms with Crippen LogP contribution in [-0.2, 0) is 4.74 Å². The average molecular weight is 224 g/mol. The van der Waals surface area contributed by atoms with E-state index < -0.39 is 0 Å². The van der Waals surface area contributed by atoms with Crippen molar-refractivity contribution in [1.82, 2.24) is 0 Å². The minimum atomic E-state index is -0.232. The summed E-state index contributed by atoms with van der Waals surface area (Å²) in [6.07, 6.45) is 1.45. The molecule has 1 unspecified atom stereocenters. The molecule has 0 heterocycles. The maximum Gasteiger partial charge on any atom is 0.119 e. The van der Waals surface area contributed by atoms with Crippen LogP contribution in [0.4, 0.5) is 0 Å². The van der Waals surface area contributed by atoms with Crippen molar-refractivity contribution in [3.05, 3.63) is 30.3 Å². The molecular weight excluding hydrogens is 204 g/mol. The third-order valence-corrected chi connectivity index (χ3v) is 2.15. The highest BCUT2D eigenvalue weighted by Gasteiger charge is 1.96. The predicted molar refractivity (Wildman–Crippen MR) is 63.7 cm³/mol. The Morgan fingerprint density at radius 1 is 1.12 bits per heavy atom. The van der Waals surface area contributed by atoms with Gasteiger partial charge in [0.2, 0.25) is 0 Å². The van der Waals surface area contributed by atoms with Gasteiger partial charge in [-0.1, -0.05) is 18.2 Å². The molecule has 0 aliphatic rings. The molecule has 0 amide bonds. The van der Waals surface area contributed by atoms with Crippen molar-refractivity contribution in [2.24, 2.45) is 0 Å². The second kappa shape index (κ2) is 8.13. The highest BCUT2D eigenvalue weighted by molar-refractivity contribution is 5.20. The van der Waals surface area contributed by atoms with Gasteiger partial charge in [-0.15, -0.1) is 0 Å². The fourth-order valence-corrected chi connectivity index (χ4v) is 1.32. The lowest BCUT2D eigenvalue weighted by Crippen LogP contribution is -2.09. The van der Waals surface area contributed by atoms with Gasteiger partial charge in [-0.05, 0) is 31.9 Å². The molecule has 3 heteroatoms. The molecule has 1 aromatic carbocycles. The van der Waals surface area contributed by atoms with Crippen molar-refractivity contribution < 1.29 is 14.6 Å². The quantitative estimate of drug-likeness (QED) is 0.688. The third-order valence-electron chi connectivity index (χ3n) is 2.15. The molecular formula is C13H20O3. The van der Waals surface area contributed by atoms with Crippen LogP contribution in [0.2, 0.25) is 0 Å². The summed E-state index contributed by atoms with van der Waals surface area (Å²) in [6, 6.07) is 9.69. The molecule has 1 rings (SSSR count). The lowest BCUT2D eigenvalue weighted by Gasteiger charge is -2.07. The third kappa shape index (κ3) is 6.43. The Labute approximate surface area is 97.0 Å². The average Bonchev–Trinajstić information content (AvgIpc) is 2.29. The van der Waals surface area contributed by atoms with Gasteiger partial charge in [-0.2, -0.15) is 0 Å². The second-order valence-electron chi connectivity index (χ2n) is 3.77. The van der Waals surface area contributed by atoms with Crippen LogP contribution in [0, 0.1) is 0 Å². The smallest absolute Gasteiger partial charge is 0.119 e. The standard InChI is InChI=1S/C13H20O3/c1-12(14)6-5-9-15-10-11-16-13-7-3-2-4-8-13/h2-4,7-8,12,14H,5-6,9-11H2,1H3. The minimum absolute atomic E-state index is 0.232. The molecule has 16 heavy (non-hydrogen) atoms. The van der Waals surface area contributed by atoms with Crippen molar-refractivity contribution >= 4 is 0 Å². The van der Waals surface area contributed by atoms with Crippen LogP contribution in [0.15, 0.2) is 30.3 Å². The van der Waals surface area contributed by atoms with Crippen LogP contribution < -0.4 is 4.74 Å². The van der Waals surface area contributed by atoms with Gasteiger partial charge in [-0.25, -0.2) is 0 Å². The van der Waals surface area contributed by atoms with Crippen LogP contribution in [0.3, 0.4) is 0 Å². The first-order valence-corrected chi connectivity index (χ1v) is 5.72. The van der Waals surface area contributed by atoms with Gasteiger partial charge >= 0.3 is 0 Å². The van der Waals surface area contributed by atoms with Gasteiger partial charge in [0, 0.05) is 6.61 Å². The summed E-state index contributed by atoms with van der Waals surface area (Å²) < 4.78 is 10.8. The molecule has 90 valence electrons. The number of aliphatic hydroxyl groups excluding tert-OH is 1. The Hall–Kier alpha value is -1.06. The summed E-state index contributed by atoms with van der Waals surface area (Å²) >= 11 is 0. The zero-order valence-corrected chi connectivity index (χ0v) is 9.76. The maximum atomic E-state index is 9.02. The van der Waals surface area contributed by atoms with E-state index in [0.29, 0.717) is 19.8 Å². The number of rotatable bonds is 8. The largest absolute Gasteiger partial charge is 0.491 e. The number of para-hydroxylation sites is 1. The zero-order valence-electron chi connectivity index (χ0n) is 9.76. The predicted octanol–water partition coefficient (Wildman–Crippen LogP) is 2.24. The topological polar surface area (TPSA) is 38.7 Å². The van der Waals surface area contributed by atoms with Gasteiger partial charge in [0.15, 0.2) is 0 Å². The zero-order chi connectivity index (χ0) is 11.6. The monoisotopic (exact) mass is 224 g/mol. The Morgan fingerprint density at radius 2 is 1.88 bits per heavy atom. The molecule has 0 radical (unpaired) electrons. The second-order valence-corrected chi connectivity index (χ2v) is 3.77. The molecule has 0 bridgehead atoms.